The Kier molecular flexibility index (Phi) is 8.68. The first-order valence-corrected chi connectivity index (χ1v) is 21.8. The lowest BCUT2D eigenvalue weighted by Crippen LogP contribution is -1.94. The van der Waals surface area contributed by atoms with Gasteiger partial charge in [0.05, 0.1) is 11.0 Å². The summed E-state index contributed by atoms with van der Waals surface area (Å²) in [6.07, 6.45) is 0. The lowest BCUT2D eigenvalue weighted by Gasteiger charge is -2.12. The van der Waals surface area contributed by atoms with Crippen LogP contribution in [0.1, 0.15) is 0 Å². The first-order valence-electron chi connectivity index (χ1n) is 21.0. The first kappa shape index (κ1) is 36.0. The highest BCUT2D eigenvalue weighted by atomic mass is 32.1. The van der Waals surface area contributed by atoms with E-state index in [0.29, 0.717) is 0 Å². The van der Waals surface area contributed by atoms with Crippen molar-refractivity contribution in [1.82, 2.24) is 13.9 Å². The monoisotopic (exact) mass is 807 g/mol. The van der Waals surface area contributed by atoms with Crippen molar-refractivity contribution in [2.75, 3.05) is 0 Å². The molecule has 0 bridgehead atoms. The van der Waals surface area contributed by atoms with Gasteiger partial charge in [-0.15, -0.1) is 0 Å². The minimum atomic E-state index is 0.757. The second kappa shape index (κ2) is 15.0. The van der Waals surface area contributed by atoms with E-state index in [1.165, 1.54) is 83.0 Å². The van der Waals surface area contributed by atoms with Crippen molar-refractivity contribution in [3.8, 4) is 72.2 Å². The summed E-state index contributed by atoms with van der Waals surface area (Å²) in [6, 6.07) is 80.9. The summed E-state index contributed by atoms with van der Waals surface area (Å²) in [5.41, 5.74) is 15.2. The maximum atomic E-state index is 5.14. The molecule has 0 aliphatic rings. The highest BCUT2D eigenvalue weighted by Gasteiger charge is 2.19. The molecule has 0 radical (unpaired) electrons. The standard InChI is InChI=1S/C58H37N3S/c1-3-15-38(16-4-1)45-20-9-11-22-47(45)42-29-33-55-52(35-42)53-36-43(48-23-12-10-21-46(48)39-17-5-2-6-18-39)30-34-56(53)61(55)44-31-27-40(28-32-44)58-59-57(60-62-58)54-37-41-19-7-8-24-49(41)50-25-13-14-26-51(50)54/h1-37H. The number of nitrogens with zero attached hydrogens (tertiary/aromatic N) is 3. The number of hydrogen-bond donors (Lipinski definition) is 0. The van der Waals surface area contributed by atoms with Crippen LogP contribution >= 0.6 is 11.5 Å². The Balaban J connectivity index is 0.989. The number of aromatic nitrogens is 3. The molecule has 62 heavy (non-hydrogen) atoms. The summed E-state index contributed by atoms with van der Waals surface area (Å²) in [5, 5.41) is 8.12. The fraction of sp³-hybridized carbons (Fsp3) is 0. The number of rotatable bonds is 7. The van der Waals surface area contributed by atoms with Crippen molar-refractivity contribution in [2.45, 2.75) is 0 Å². The second-order valence-corrected chi connectivity index (χ2v) is 16.5. The summed E-state index contributed by atoms with van der Waals surface area (Å²) in [7, 11) is 0. The fourth-order valence-corrected chi connectivity index (χ4v) is 9.97. The highest BCUT2D eigenvalue weighted by molar-refractivity contribution is 7.09. The second-order valence-electron chi connectivity index (χ2n) is 15.8. The van der Waals surface area contributed by atoms with Gasteiger partial charge in [0.1, 0.15) is 5.01 Å². The molecule has 0 atom stereocenters. The molecule has 0 amide bonds. The van der Waals surface area contributed by atoms with Crippen molar-refractivity contribution in [3.63, 3.8) is 0 Å². The average Bonchev–Trinajstić information content (AvgIpc) is 3.97. The molecule has 0 unspecified atom stereocenters. The zero-order valence-electron chi connectivity index (χ0n) is 33.6. The van der Waals surface area contributed by atoms with Crippen molar-refractivity contribution >= 4 is 54.9 Å². The van der Waals surface area contributed by atoms with Gasteiger partial charge < -0.3 is 4.57 Å². The average molecular weight is 808 g/mol. The molecule has 290 valence electrons. The molecule has 0 aliphatic carbocycles. The van der Waals surface area contributed by atoms with Crippen LogP contribution < -0.4 is 0 Å². The Bertz CT molecular complexity index is 3480. The van der Waals surface area contributed by atoms with E-state index in [2.05, 4.69) is 229 Å². The van der Waals surface area contributed by atoms with Gasteiger partial charge in [-0.3, -0.25) is 0 Å². The van der Waals surface area contributed by atoms with E-state index in [-0.39, 0.29) is 0 Å². The van der Waals surface area contributed by atoms with Gasteiger partial charge >= 0.3 is 0 Å². The zero-order valence-corrected chi connectivity index (χ0v) is 34.4. The molecule has 0 saturated carbocycles. The van der Waals surface area contributed by atoms with Crippen LogP contribution in [0.3, 0.4) is 0 Å². The normalized spacial score (nSPS) is 11.5. The maximum absolute atomic E-state index is 5.14. The summed E-state index contributed by atoms with van der Waals surface area (Å²) in [5.74, 6) is 0.757. The molecule has 0 N–H and O–H groups in total. The van der Waals surface area contributed by atoms with E-state index in [9.17, 15) is 0 Å². The van der Waals surface area contributed by atoms with Crippen LogP contribution in [0.5, 0.6) is 0 Å². The van der Waals surface area contributed by atoms with Gasteiger partial charge in [0.25, 0.3) is 0 Å². The third-order valence-corrected chi connectivity index (χ3v) is 13.0. The van der Waals surface area contributed by atoms with Crippen LogP contribution in [-0.4, -0.2) is 13.9 Å². The highest BCUT2D eigenvalue weighted by Crippen LogP contribution is 2.42. The van der Waals surface area contributed by atoms with Crippen LogP contribution in [0.25, 0.3) is 116 Å². The van der Waals surface area contributed by atoms with Crippen molar-refractivity contribution in [2.24, 2.45) is 0 Å². The molecule has 0 fully saturated rings. The molecular weight excluding hydrogens is 771 g/mol. The zero-order chi connectivity index (χ0) is 41.0. The molecule has 10 aromatic carbocycles. The van der Waals surface area contributed by atoms with Gasteiger partial charge in [-0.1, -0.05) is 170 Å². The van der Waals surface area contributed by atoms with Crippen molar-refractivity contribution < 1.29 is 0 Å². The Labute approximate surface area is 363 Å². The molecule has 4 heteroatoms. The smallest absolute Gasteiger partial charge is 0.174 e. The van der Waals surface area contributed by atoms with Crippen LogP contribution in [0.2, 0.25) is 0 Å². The maximum Gasteiger partial charge on any atom is 0.174 e. The third-order valence-electron chi connectivity index (χ3n) is 12.2. The van der Waals surface area contributed by atoms with Gasteiger partial charge in [-0.05, 0) is 132 Å². The molecule has 2 heterocycles. The molecule has 0 spiro atoms. The lowest BCUT2D eigenvalue weighted by molar-refractivity contribution is 1.18. The van der Waals surface area contributed by atoms with E-state index in [4.69, 9.17) is 9.36 Å². The summed E-state index contributed by atoms with van der Waals surface area (Å²) >= 11 is 1.45. The van der Waals surface area contributed by atoms with Crippen LogP contribution in [0.15, 0.2) is 224 Å². The third kappa shape index (κ3) is 6.11. The van der Waals surface area contributed by atoms with Gasteiger partial charge in [0.2, 0.25) is 0 Å². The van der Waals surface area contributed by atoms with E-state index >= 15 is 0 Å². The Hall–Kier alpha value is -7.92. The predicted molar refractivity (Wildman–Crippen MR) is 262 cm³/mol. The van der Waals surface area contributed by atoms with E-state index in [1.807, 2.05) is 0 Å². The minimum Gasteiger partial charge on any atom is -0.309 e. The molecule has 0 saturated heterocycles. The Morgan fingerprint density at radius 2 is 0.790 bits per heavy atom. The first-order chi connectivity index (χ1) is 30.7. The van der Waals surface area contributed by atoms with E-state index < -0.39 is 0 Å². The number of benzene rings is 10. The minimum absolute atomic E-state index is 0.757. The van der Waals surface area contributed by atoms with Gasteiger partial charge in [-0.25, -0.2) is 4.98 Å². The molecule has 2 aromatic heterocycles. The fourth-order valence-electron chi connectivity index (χ4n) is 9.29. The lowest BCUT2D eigenvalue weighted by atomic mass is 9.92. The molecule has 12 rings (SSSR count). The Morgan fingerprint density at radius 1 is 0.323 bits per heavy atom. The van der Waals surface area contributed by atoms with E-state index in [1.54, 1.807) is 0 Å². The summed E-state index contributed by atoms with van der Waals surface area (Å²) < 4.78 is 7.32. The number of hydrogen-bond acceptors (Lipinski definition) is 3. The van der Waals surface area contributed by atoms with Crippen molar-refractivity contribution in [1.29, 1.82) is 0 Å². The topological polar surface area (TPSA) is 30.7 Å². The Morgan fingerprint density at radius 3 is 1.37 bits per heavy atom. The van der Waals surface area contributed by atoms with Crippen LogP contribution in [0.4, 0.5) is 0 Å². The van der Waals surface area contributed by atoms with Crippen LogP contribution in [-0.2, 0) is 0 Å². The van der Waals surface area contributed by atoms with Gasteiger partial charge in [-0.2, -0.15) is 4.37 Å². The molecular formula is C58H37N3S. The molecule has 3 nitrogen and oxygen atoms in total. The molecule has 12 aromatic rings. The molecule has 0 aliphatic heterocycles. The largest absolute Gasteiger partial charge is 0.309 e. The van der Waals surface area contributed by atoms with Crippen LogP contribution in [0, 0.1) is 0 Å². The van der Waals surface area contributed by atoms with Gasteiger partial charge in [0, 0.05) is 27.6 Å². The summed E-state index contributed by atoms with van der Waals surface area (Å²) in [6.45, 7) is 0. The summed E-state index contributed by atoms with van der Waals surface area (Å²) in [4.78, 5) is 5.14. The quantitative estimate of drug-likeness (QED) is 0.150. The predicted octanol–water partition coefficient (Wildman–Crippen LogP) is 15.9. The van der Waals surface area contributed by atoms with Crippen molar-refractivity contribution in [3.05, 3.63) is 224 Å². The van der Waals surface area contributed by atoms with E-state index in [0.717, 1.165) is 44.1 Å². The SMILES string of the molecule is c1ccc(-c2ccccc2-c2ccc3c(c2)c2cc(-c4ccccc4-c4ccccc4)ccc2n3-c2ccc(-c3nc(-c4cc5ccccc5c5ccccc45)ns3)cc2)cc1. The van der Waals surface area contributed by atoms with Gasteiger partial charge in [0.15, 0.2) is 5.82 Å². The number of fused-ring (bicyclic) bond motifs is 6.